The number of aromatic nitrogens is 1. The number of imide groups is 1. The van der Waals surface area contributed by atoms with Crippen LogP contribution in [0.1, 0.15) is 71.1 Å². The number of unbranched alkanes of at least 4 members (excludes halogenated alkanes) is 2. The highest BCUT2D eigenvalue weighted by molar-refractivity contribution is 7.85. The Bertz CT molecular complexity index is 2350. The van der Waals surface area contributed by atoms with Gasteiger partial charge < -0.3 is 29.5 Å². The molecule has 1 aliphatic carbocycles. The van der Waals surface area contributed by atoms with Crippen LogP contribution in [0.4, 0.5) is 5.69 Å². The van der Waals surface area contributed by atoms with Crippen LogP contribution >= 0.6 is 0 Å². The summed E-state index contributed by atoms with van der Waals surface area (Å²) in [7, 11) is -4.42. The lowest BCUT2D eigenvalue weighted by Gasteiger charge is -2.35. The molecule has 6 rings (SSSR count). The van der Waals surface area contributed by atoms with Gasteiger partial charge in [0.2, 0.25) is 23.3 Å². The van der Waals surface area contributed by atoms with Crippen molar-refractivity contribution in [3.63, 3.8) is 0 Å². The molecule has 1 saturated heterocycles. The summed E-state index contributed by atoms with van der Waals surface area (Å²) in [5, 5.41) is 5.96. The molecule has 0 spiro atoms. The number of allylic oxidation sites excluding steroid dienone is 6. The summed E-state index contributed by atoms with van der Waals surface area (Å²) in [6, 6.07) is 15.2. The normalized spacial score (nSPS) is 19.4. The predicted molar refractivity (Wildman–Crippen MR) is 215 cm³/mol. The number of ether oxygens (including phenoxy) is 1. The second-order valence-corrected chi connectivity index (χ2v) is 15.9. The third-order valence-electron chi connectivity index (χ3n) is 10.2. The van der Waals surface area contributed by atoms with Crippen molar-refractivity contribution in [2.24, 2.45) is 5.41 Å². The zero-order chi connectivity index (χ0) is 42.2. The molecular weight excluding hydrogens is 783 g/mol. The molecule has 1 unspecified atom stereocenters. The molecule has 312 valence electrons. The number of carbonyl (C=O) groups is 5. The summed E-state index contributed by atoms with van der Waals surface area (Å²) in [6.07, 6.45) is 10.1. The molecule has 3 aromatic rings. The highest BCUT2D eigenvalue weighted by Crippen LogP contribution is 2.42. The molecule has 59 heavy (non-hydrogen) atoms. The Balaban J connectivity index is 1.25. The Morgan fingerprint density at radius 3 is 2.36 bits per heavy atom. The van der Waals surface area contributed by atoms with E-state index in [4.69, 9.17) is 14.0 Å². The number of fused-ring (bicyclic) bond motifs is 2. The Hall–Kier alpha value is -6.07. The molecule has 3 heterocycles. The summed E-state index contributed by atoms with van der Waals surface area (Å²) in [4.78, 5) is 71.3. The summed E-state index contributed by atoms with van der Waals surface area (Å²) in [5.74, 6) is -2.11. The van der Waals surface area contributed by atoms with Crippen LogP contribution in [0.3, 0.4) is 0 Å². The number of benzene rings is 2. The number of nitrogens with zero attached hydrogens (tertiary/aromatic N) is 3. The fourth-order valence-corrected chi connectivity index (χ4v) is 7.67. The lowest BCUT2D eigenvalue weighted by Crippen LogP contribution is -2.53. The third kappa shape index (κ3) is 10.2. The van der Waals surface area contributed by atoms with E-state index in [9.17, 15) is 36.9 Å². The maximum absolute atomic E-state index is 14.4. The van der Waals surface area contributed by atoms with Gasteiger partial charge in [-0.15, -0.1) is 5.06 Å². The van der Waals surface area contributed by atoms with E-state index in [-0.39, 0.29) is 38.6 Å². The van der Waals surface area contributed by atoms with Gasteiger partial charge in [-0.25, -0.2) is 4.79 Å². The molecule has 4 amide bonds. The summed E-state index contributed by atoms with van der Waals surface area (Å²) < 4.78 is 46.8. The van der Waals surface area contributed by atoms with Gasteiger partial charge in [0.25, 0.3) is 27.4 Å². The van der Waals surface area contributed by atoms with Gasteiger partial charge in [0.15, 0.2) is 5.75 Å². The zero-order valence-corrected chi connectivity index (χ0v) is 33.8. The lowest BCUT2D eigenvalue weighted by atomic mass is 9.70. The van der Waals surface area contributed by atoms with Gasteiger partial charge in [-0.05, 0) is 81.0 Å². The minimum atomic E-state index is -4.42. The van der Waals surface area contributed by atoms with Gasteiger partial charge in [0.05, 0.1) is 17.5 Å². The SMILES string of the molecule is CCN1/C(=C/C=C2C=C(/C=C/c3oc4ccccc4[n+]3CC)CC(C(=O)NCCCCCC(=O)ON3C(=O)CCC3=O)(C(=O)NCCS(=O)(=O)O)C/2)Oc2ccccc21. The highest BCUT2D eigenvalue weighted by atomic mass is 32.2. The smallest absolute Gasteiger partial charge is 0.374 e. The average Bonchev–Trinajstić information content (AvgIpc) is 3.87. The zero-order valence-electron chi connectivity index (χ0n) is 33.0. The van der Waals surface area contributed by atoms with Crippen LogP contribution in [0.15, 0.2) is 94.3 Å². The van der Waals surface area contributed by atoms with Crippen molar-refractivity contribution in [2.75, 3.05) is 30.3 Å². The van der Waals surface area contributed by atoms with Crippen LogP contribution in [-0.4, -0.2) is 73.0 Å². The Morgan fingerprint density at radius 2 is 1.63 bits per heavy atom. The first-order valence-corrected chi connectivity index (χ1v) is 21.3. The van der Waals surface area contributed by atoms with Crippen LogP contribution in [0, 0.1) is 5.41 Å². The Kier molecular flexibility index (Phi) is 13.5. The predicted octanol–water partition coefficient (Wildman–Crippen LogP) is 4.43. The molecule has 3 N–H and O–H groups in total. The van der Waals surface area contributed by atoms with Crippen LogP contribution in [0.25, 0.3) is 17.2 Å². The number of amides is 4. The molecule has 1 fully saturated rings. The number of nitrogens with one attached hydrogen (secondary N) is 2. The summed E-state index contributed by atoms with van der Waals surface area (Å²) >= 11 is 0. The van der Waals surface area contributed by atoms with E-state index in [1.54, 1.807) is 24.3 Å². The molecule has 2 aromatic carbocycles. The standard InChI is InChI=1S/C42H47N5O11S/c1-3-45-31-12-7-9-14-33(31)56-37(45)21-17-29-26-30(18-22-38-46(4-2)32-13-8-10-15-34(32)57-38)28-42(27-29,41(52)44-24-25-59(53,54)55)40(51)43-23-11-5-6-16-39(50)58-47-35(48)19-20-36(47)49/h7-10,12-15,17-18,21-22,26H,3-6,11,16,19-20,23-25,27-28H2,1-2H3,(H2-,43,44,51,52,53,54,55)/p+1. The minimum absolute atomic E-state index is 0.00469. The Labute approximate surface area is 341 Å². The van der Waals surface area contributed by atoms with Crippen molar-refractivity contribution in [2.45, 2.75) is 71.8 Å². The first-order chi connectivity index (χ1) is 28.3. The number of para-hydroxylation sites is 4. The number of hydroxylamine groups is 2. The van der Waals surface area contributed by atoms with Crippen LogP contribution in [0.2, 0.25) is 0 Å². The fraction of sp³-hybridized carbons (Fsp3) is 0.381. The summed E-state index contributed by atoms with van der Waals surface area (Å²) in [5.41, 5.74) is 1.96. The van der Waals surface area contributed by atoms with Crippen molar-refractivity contribution in [1.82, 2.24) is 15.7 Å². The third-order valence-corrected chi connectivity index (χ3v) is 10.9. The van der Waals surface area contributed by atoms with Crippen molar-refractivity contribution in [3.05, 3.63) is 95.8 Å². The van der Waals surface area contributed by atoms with E-state index < -0.39 is 57.4 Å². The van der Waals surface area contributed by atoms with E-state index in [1.807, 2.05) is 77.9 Å². The molecule has 16 nitrogen and oxygen atoms in total. The molecule has 1 atom stereocenters. The van der Waals surface area contributed by atoms with Gasteiger partial charge in [0, 0.05) is 45.0 Å². The monoisotopic (exact) mass is 830 g/mol. The lowest BCUT2D eigenvalue weighted by molar-refractivity contribution is -0.674. The molecule has 3 aliphatic rings. The van der Waals surface area contributed by atoms with Gasteiger partial charge in [0.1, 0.15) is 12.0 Å². The fourth-order valence-electron chi connectivity index (χ4n) is 7.31. The van der Waals surface area contributed by atoms with Crippen molar-refractivity contribution in [1.29, 1.82) is 0 Å². The van der Waals surface area contributed by atoms with Crippen LogP contribution in [-0.2, 0) is 45.5 Å². The van der Waals surface area contributed by atoms with E-state index in [1.165, 1.54) is 0 Å². The van der Waals surface area contributed by atoms with Gasteiger partial charge >= 0.3 is 11.9 Å². The van der Waals surface area contributed by atoms with Gasteiger partial charge in [-0.1, -0.05) is 42.8 Å². The Morgan fingerprint density at radius 1 is 0.915 bits per heavy atom. The minimum Gasteiger partial charge on any atom is -0.439 e. The van der Waals surface area contributed by atoms with Crippen LogP contribution in [0.5, 0.6) is 5.75 Å². The van der Waals surface area contributed by atoms with E-state index in [0.717, 1.165) is 11.2 Å². The number of rotatable bonds is 17. The second kappa shape index (κ2) is 18.7. The number of anilines is 1. The van der Waals surface area contributed by atoms with Gasteiger partial charge in [-0.3, -0.25) is 23.7 Å². The highest BCUT2D eigenvalue weighted by Gasteiger charge is 2.48. The van der Waals surface area contributed by atoms with E-state index in [0.29, 0.717) is 71.7 Å². The molecule has 0 saturated carbocycles. The average molecular weight is 831 g/mol. The quantitative estimate of drug-likeness (QED) is 0.0568. The molecular formula is C42H48N5O11S+. The molecule has 0 radical (unpaired) electrons. The first kappa shape index (κ1) is 42.5. The van der Waals surface area contributed by atoms with E-state index >= 15 is 0 Å². The molecule has 1 aromatic heterocycles. The number of hydrogen-bond acceptors (Lipinski definition) is 11. The number of oxazole rings is 1. The second-order valence-electron chi connectivity index (χ2n) is 14.4. The maximum Gasteiger partial charge on any atom is 0.374 e. The van der Waals surface area contributed by atoms with Crippen molar-refractivity contribution in [3.8, 4) is 5.75 Å². The first-order valence-electron chi connectivity index (χ1n) is 19.7. The topological polar surface area (TPSA) is 206 Å². The van der Waals surface area contributed by atoms with E-state index in [2.05, 4.69) is 10.6 Å². The molecule has 17 heteroatoms. The largest absolute Gasteiger partial charge is 0.439 e. The molecule has 2 aliphatic heterocycles. The van der Waals surface area contributed by atoms with Crippen molar-refractivity contribution < 1.29 is 55.5 Å². The molecule has 0 bridgehead atoms. The number of carbonyl (C=O) groups excluding carboxylic acids is 5. The summed E-state index contributed by atoms with van der Waals surface area (Å²) in [6.45, 7) is 4.93. The van der Waals surface area contributed by atoms with Gasteiger partial charge in [-0.2, -0.15) is 13.0 Å². The number of aryl methyl sites for hydroxylation is 1. The maximum atomic E-state index is 14.4. The van der Waals surface area contributed by atoms with Crippen LogP contribution < -0.4 is 24.8 Å². The number of hydrogen-bond donors (Lipinski definition) is 3. The van der Waals surface area contributed by atoms with Crippen molar-refractivity contribution >= 4 is 62.6 Å².